The number of anilines is 3. The second-order valence-electron chi connectivity index (χ2n) is 9.69. The number of halogens is 3. The fourth-order valence-electron chi connectivity index (χ4n) is 3.10. The van der Waals surface area contributed by atoms with Gasteiger partial charge in [-0.15, -0.1) is 0 Å². The van der Waals surface area contributed by atoms with Crippen LogP contribution in [0, 0.1) is 6.92 Å². The standard InChI is InChI=1S/C19H23F3N4O2.C8H18O2/c1-5-12(6-2)24-16-15(19(20,21)22)10-23-18(26-16)25-13-8-7-11(3)14(9-13)17(27)28-4;1-7(2,9-5)8(3,4)10-6/h7-10,12H,5-6H2,1-4H3,(H2,23,24,25,26);1-6H3. The van der Waals surface area contributed by atoms with E-state index in [0.717, 1.165) is 6.20 Å². The van der Waals surface area contributed by atoms with Gasteiger partial charge >= 0.3 is 12.1 Å². The maximum Gasteiger partial charge on any atom is 0.421 e. The number of aryl methyl sites for hydroxylation is 1. The summed E-state index contributed by atoms with van der Waals surface area (Å²) in [5.41, 5.74) is 0.115. The summed E-state index contributed by atoms with van der Waals surface area (Å²) in [6, 6.07) is 4.77. The predicted octanol–water partition coefficient (Wildman–Crippen LogP) is 6.77. The van der Waals surface area contributed by atoms with E-state index in [1.54, 1.807) is 33.3 Å². The molecule has 0 amide bonds. The molecule has 0 fully saturated rings. The lowest BCUT2D eigenvalue weighted by molar-refractivity contribution is -0.147. The quantitative estimate of drug-likeness (QED) is 0.318. The molecule has 0 saturated carbocycles. The number of aromatic nitrogens is 2. The minimum atomic E-state index is -4.57. The van der Waals surface area contributed by atoms with Crippen molar-refractivity contribution >= 4 is 23.4 Å². The summed E-state index contributed by atoms with van der Waals surface area (Å²) < 4.78 is 55.2. The van der Waals surface area contributed by atoms with Crippen LogP contribution >= 0.6 is 0 Å². The van der Waals surface area contributed by atoms with Gasteiger partial charge < -0.3 is 24.8 Å². The molecule has 0 spiro atoms. The number of carbonyl (C=O) groups is 1. The van der Waals surface area contributed by atoms with Crippen molar-refractivity contribution in [3.8, 4) is 0 Å². The molecule has 38 heavy (non-hydrogen) atoms. The summed E-state index contributed by atoms with van der Waals surface area (Å²) in [4.78, 5) is 19.6. The topological polar surface area (TPSA) is 94.6 Å². The Morgan fingerprint density at radius 3 is 2.00 bits per heavy atom. The van der Waals surface area contributed by atoms with E-state index in [1.165, 1.54) is 13.2 Å². The van der Waals surface area contributed by atoms with Crippen molar-refractivity contribution in [2.24, 2.45) is 0 Å². The lowest BCUT2D eigenvalue weighted by Crippen LogP contribution is -2.48. The third-order valence-corrected chi connectivity index (χ3v) is 6.79. The Balaban J connectivity index is 0.000000612. The van der Waals surface area contributed by atoms with E-state index in [-0.39, 0.29) is 29.0 Å². The molecule has 0 radical (unpaired) electrons. The van der Waals surface area contributed by atoms with Gasteiger partial charge in [-0.1, -0.05) is 19.9 Å². The fraction of sp³-hybridized carbons (Fsp3) is 0.593. The Morgan fingerprint density at radius 1 is 1.00 bits per heavy atom. The van der Waals surface area contributed by atoms with Crippen molar-refractivity contribution in [2.45, 2.75) is 84.7 Å². The fourth-order valence-corrected chi connectivity index (χ4v) is 3.10. The monoisotopic (exact) mass is 542 g/mol. The summed E-state index contributed by atoms with van der Waals surface area (Å²) in [5, 5.41) is 5.68. The van der Waals surface area contributed by atoms with Crippen LogP contribution in [0.25, 0.3) is 0 Å². The molecule has 2 aromatic rings. The van der Waals surface area contributed by atoms with Gasteiger partial charge in [-0.25, -0.2) is 9.78 Å². The van der Waals surface area contributed by atoms with E-state index < -0.39 is 17.7 Å². The van der Waals surface area contributed by atoms with Crippen LogP contribution in [0.2, 0.25) is 0 Å². The van der Waals surface area contributed by atoms with Crippen LogP contribution in [0.1, 0.15) is 75.9 Å². The number of carbonyl (C=O) groups excluding carboxylic acids is 1. The van der Waals surface area contributed by atoms with Crippen molar-refractivity contribution in [1.82, 2.24) is 9.97 Å². The number of hydrogen-bond donors (Lipinski definition) is 2. The lowest BCUT2D eigenvalue weighted by atomic mass is 9.89. The molecule has 1 aromatic heterocycles. The Bertz CT molecular complexity index is 1040. The zero-order chi connectivity index (χ0) is 29.3. The maximum absolute atomic E-state index is 13.3. The molecule has 0 aliphatic carbocycles. The van der Waals surface area contributed by atoms with Crippen LogP contribution < -0.4 is 10.6 Å². The molecule has 214 valence electrons. The van der Waals surface area contributed by atoms with Gasteiger partial charge in [0.25, 0.3) is 0 Å². The van der Waals surface area contributed by atoms with E-state index in [4.69, 9.17) is 14.2 Å². The van der Waals surface area contributed by atoms with E-state index in [2.05, 4.69) is 20.6 Å². The van der Waals surface area contributed by atoms with Gasteiger partial charge in [0.05, 0.1) is 23.9 Å². The van der Waals surface area contributed by atoms with Gasteiger partial charge in [-0.2, -0.15) is 18.2 Å². The van der Waals surface area contributed by atoms with Crippen molar-refractivity contribution in [1.29, 1.82) is 0 Å². The number of alkyl halides is 3. The van der Waals surface area contributed by atoms with Gasteiger partial charge in [-0.3, -0.25) is 0 Å². The molecule has 11 heteroatoms. The van der Waals surface area contributed by atoms with Crippen LogP contribution in [-0.4, -0.2) is 54.5 Å². The van der Waals surface area contributed by atoms with Crippen molar-refractivity contribution in [3.63, 3.8) is 0 Å². The smallest absolute Gasteiger partial charge is 0.421 e. The molecule has 2 N–H and O–H groups in total. The third kappa shape index (κ3) is 8.83. The number of nitrogens with zero attached hydrogens (tertiary/aromatic N) is 2. The van der Waals surface area contributed by atoms with E-state index >= 15 is 0 Å². The van der Waals surface area contributed by atoms with Crippen LogP contribution in [0.4, 0.5) is 30.6 Å². The highest BCUT2D eigenvalue weighted by Gasteiger charge is 2.37. The second-order valence-corrected chi connectivity index (χ2v) is 9.69. The van der Waals surface area contributed by atoms with E-state index in [0.29, 0.717) is 29.7 Å². The molecule has 0 unspecified atom stereocenters. The highest BCUT2D eigenvalue weighted by molar-refractivity contribution is 5.92. The van der Waals surface area contributed by atoms with Gasteiger partial charge in [0.15, 0.2) is 0 Å². The molecule has 0 bridgehead atoms. The van der Waals surface area contributed by atoms with Crippen LogP contribution in [0.5, 0.6) is 0 Å². The van der Waals surface area contributed by atoms with Gasteiger partial charge in [0.1, 0.15) is 11.4 Å². The molecule has 0 aliphatic rings. The molecule has 1 heterocycles. The molecular formula is C27H41F3N4O4. The summed E-state index contributed by atoms with van der Waals surface area (Å²) in [7, 11) is 4.66. The summed E-state index contributed by atoms with van der Waals surface area (Å²) in [6.45, 7) is 13.6. The number of ether oxygens (including phenoxy) is 3. The highest BCUT2D eigenvalue weighted by Crippen LogP contribution is 2.35. The maximum atomic E-state index is 13.3. The van der Waals surface area contributed by atoms with Crippen molar-refractivity contribution in [3.05, 3.63) is 41.1 Å². The van der Waals surface area contributed by atoms with Crippen molar-refractivity contribution < 1.29 is 32.2 Å². The van der Waals surface area contributed by atoms with Crippen LogP contribution in [-0.2, 0) is 20.4 Å². The summed E-state index contributed by atoms with van der Waals surface area (Å²) in [6.07, 6.45) is -2.52. The Kier molecular flexibility index (Phi) is 12.0. The van der Waals surface area contributed by atoms with E-state index in [9.17, 15) is 18.0 Å². The van der Waals surface area contributed by atoms with Crippen molar-refractivity contribution in [2.75, 3.05) is 32.0 Å². The minimum absolute atomic E-state index is 0.0128. The first-order chi connectivity index (χ1) is 17.6. The average Bonchev–Trinajstić information content (AvgIpc) is 2.87. The largest absolute Gasteiger partial charge is 0.465 e. The zero-order valence-corrected chi connectivity index (χ0v) is 24.0. The molecule has 0 saturated heterocycles. The first-order valence-electron chi connectivity index (χ1n) is 12.3. The molecule has 8 nitrogen and oxygen atoms in total. The average molecular weight is 543 g/mol. The predicted molar refractivity (Wildman–Crippen MR) is 143 cm³/mol. The second kappa shape index (κ2) is 13.7. The van der Waals surface area contributed by atoms with E-state index in [1.807, 2.05) is 41.5 Å². The number of rotatable bonds is 10. The molecular weight excluding hydrogens is 501 g/mol. The number of nitrogens with one attached hydrogen (secondary N) is 2. The molecule has 0 aliphatic heterocycles. The molecule has 0 atom stereocenters. The van der Waals surface area contributed by atoms with Gasteiger partial charge in [-0.05, 0) is 65.2 Å². The lowest BCUT2D eigenvalue weighted by Gasteiger charge is -2.38. The zero-order valence-electron chi connectivity index (χ0n) is 24.0. The van der Waals surface area contributed by atoms with Gasteiger partial charge in [0.2, 0.25) is 5.95 Å². The first-order valence-corrected chi connectivity index (χ1v) is 12.3. The Hall–Kier alpha value is -2.92. The van der Waals surface area contributed by atoms with Crippen LogP contribution in [0.3, 0.4) is 0 Å². The Morgan fingerprint density at radius 2 is 1.55 bits per heavy atom. The number of esters is 1. The first kappa shape index (κ1) is 33.1. The summed E-state index contributed by atoms with van der Waals surface area (Å²) in [5.74, 6) is -0.800. The Labute approximate surface area is 223 Å². The van der Waals surface area contributed by atoms with Crippen LogP contribution in [0.15, 0.2) is 24.4 Å². The minimum Gasteiger partial charge on any atom is -0.465 e. The summed E-state index contributed by atoms with van der Waals surface area (Å²) >= 11 is 0. The molecule has 2 rings (SSSR count). The van der Waals surface area contributed by atoms with Gasteiger partial charge in [0, 0.05) is 32.1 Å². The normalized spacial score (nSPS) is 12.1. The third-order valence-electron chi connectivity index (χ3n) is 6.79. The molecule has 1 aromatic carbocycles. The number of methoxy groups -OCH3 is 3. The SMILES string of the molecule is CCC(CC)Nc1nc(Nc2ccc(C)c(C(=O)OC)c2)ncc1C(F)(F)F.COC(C)(C)C(C)(C)OC. The number of benzene rings is 1. The number of hydrogen-bond acceptors (Lipinski definition) is 8. The highest BCUT2D eigenvalue weighted by atomic mass is 19.4.